The van der Waals surface area contributed by atoms with E-state index in [9.17, 15) is 0 Å². The summed E-state index contributed by atoms with van der Waals surface area (Å²) in [6.45, 7) is 0. The van der Waals surface area contributed by atoms with Crippen LogP contribution in [-0.4, -0.2) is 79.0 Å². The van der Waals surface area contributed by atoms with Crippen molar-refractivity contribution < 1.29 is 38.6 Å². The second-order valence-electron chi connectivity index (χ2n) is 0. The van der Waals surface area contributed by atoms with Crippen LogP contribution in [0.15, 0.2) is 0 Å². The standard InChI is InChI=1S/2ClH.2Mg.6H2O.4H/h2*1H;;;6*1H2;;;;/q;;2*+2;;;;;;;4*-1. The van der Waals surface area contributed by atoms with Gasteiger partial charge in [-0.1, -0.05) is 0 Å². The summed E-state index contributed by atoms with van der Waals surface area (Å²) in [7, 11) is 0. The SMILES string of the molecule is Cl.Cl.O.O.O.O.O.O.[H-].[H-].[H-].[H-].[Mg+2].[Mg+2]. The molecule has 0 aliphatic carbocycles. The third-order valence-corrected chi connectivity index (χ3v) is 0. The van der Waals surface area contributed by atoms with Gasteiger partial charge < -0.3 is 38.6 Å². The van der Waals surface area contributed by atoms with Crippen LogP contribution in [0.5, 0.6) is 0 Å². The first kappa shape index (κ1) is 400. The molecule has 0 aliphatic heterocycles. The molecule has 0 aliphatic rings. The monoisotopic (exact) mass is 232 g/mol. The zero-order valence-electron chi connectivity index (χ0n) is 9.23. The van der Waals surface area contributed by atoms with E-state index in [4.69, 9.17) is 0 Å². The fourth-order valence-electron chi connectivity index (χ4n) is 0. The Kier molecular flexibility index (Phi) is 12100. The fraction of sp³-hybridized carbons (Fsp3) is 0. The molecule has 0 saturated heterocycles. The third kappa shape index (κ3) is 222. The molecule has 0 amide bonds. The second-order valence-corrected chi connectivity index (χ2v) is 0. The maximum absolute atomic E-state index is 0. The van der Waals surface area contributed by atoms with E-state index in [0.29, 0.717) is 0 Å². The number of halogens is 2. The predicted octanol–water partition coefficient (Wildman–Crippen LogP) is -4.42. The van der Waals surface area contributed by atoms with E-state index in [1.165, 1.54) is 0 Å². The molecule has 0 unspecified atom stereocenters. The van der Waals surface area contributed by atoms with Crippen LogP contribution in [0, 0.1) is 0 Å². The van der Waals surface area contributed by atoms with Gasteiger partial charge in [-0.25, -0.2) is 0 Å². The molecule has 0 saturated carbocycles. The van der Waals surface area contributed by atoms with Crippen LogP contribution in [0.4, 0.5) is 0 Å². The molecule has 72 valence electrons. The Morgan fingerprint density at radius 1 is 0.400 bits per heavy atom. The minimum absolute atomic E-state index is 0. The van der Waals surface area contributed by atoms with E-state index in [1.54, 1.807) is 0 Å². The minimum atomic E-state index is 0. The Morgan fingerprint density at radius 3 is 0.400 bits per heavy atom. The molecule has 12 N–H and O–H groups in total. The summed E-state index contributed by atoms with van der Waals surface area (Å²) in [4.78, 5) is 0. The molecule has 0 heterocycles. The van der Waals surface area contributed by atoms with Gasteiger partial charge in [-0.05, 0) is 0 Å². The van der Waals surface area contributed by atoms with Gasteiger partial charge in [-0.15, -0.1) is 24.8 Å². The van der Waals surface area contributed by atoms with Crippen LogP contribution >= 0.6 is 24.8 Å². The third-order valence-electron chi connectivity index (χ3n) is 0. The van der Waals surface area contributed by atoms with Crippen molar-refractivity contribution in [2.45, 2.75) is 0 Å². The fourth-order valence-corrected chi connectivity index (χ4v) is 0. The van der Waals surface area contributed by atoms with Crippen molar-refractivity contribution in [2.24, 2.45) is 0 Å². The Morgan fingerprint density at radius 2 is 0.400 bits per heavy atom. The summed E-state index contributed by atoms with van der Waals surface area (Å²) in [5, 5.41) is 0. The molecule has 0 aromatic heterocycles. The van der Waals surface area contributed by atoms with Gasteiger partial charge in [0.05, 0.1) is 0 Å². The summed E-state index contributed by atoms with van der Waals surface area (Å²) in [6.07, 6.45) is 0. The van der Waals surface area contributed by atoms with Crippen molar-refractivity contribution >= 4 is 70.9 Å². The van der Waals surface area contributed by atoms with Crippen LogP contribution in [0.2, 0.25) is 0 Å². The van der Waals surface area contributed by atoms with Gasteiger partial charge in [-0.3, -0.25) is 0 Å². The predicted molar refractivity (Wildman–Crippen MR) is 52.1 cm³/mol. The van der Waals surface area contributed by atoms with Gasteiger partial charge in [0.1, 0.15) is 0 Å². The minimum Gasteiger partial charge on any atom is -1.00 e. The first-order valence-electron chi connectivity index (χ1n) is 0. The molecule has 0 bridgehead atoms. The molecule has 10 heavy (non-hydrogen) atoms. The first-order chi connectivity index (χ1) is 0. The topological polar surface area (TPSA) is 189 Å². The summed E-state index contributed by atoms with van der Waals surface area (Å²) in [5.41, 5.74) is 0. The summed E-state index contributed by atoms with van der Waals surface area (Å²) < 4.78 is 0. The van der Waals surface area contributed by atoms with Crippen LogP contribution < -0.4 is 0 Å². The average Bonchev–Trinajstić information content (AvgIpc) is 0. The van der Waals surface area contributed by atoms with E-state index in [0.717, 1.165) is 0 Å². The molecular formula is H18Cl2Mg2O6. The average molecular weight is 234 g/mol. The molecule has 6 nitrogen and oxygen atoms in total. The maximum atomic E-state index is 0. The Labute approximate surface area is 109 Å². The zero-order chi connectivity index (χ0) is 0. The number of rotatable bonds is 0. The molecule has 0 fully saturated rings. The van der Waals surface area contributed by atoms with Gasteiger partial charge in [0.25, 0.3) is 0 Å². The molecule has 0 rings (SSSR count). The van der Waals surface area contributed by atoms with Gasteiger partial charge in [0.15, 0.2) is 0 Å². The molecule has 0 radical (unpaired) electrons. The Bertz CT molecular complexity index is 25.8. The molecule has 10 heteroatoms. The molecular weight excluding hydrogens is 216 g/mol. The molecule has 0 aromatic carbocycles. The summed E-state index contributed by atoms with van der Waals surface area (Å²) >= 11 is 0. The second kappa shape index (κ2) is 302. The van der Waals surface area contributed by atoms with Crippen molar-refractivity contribution in [2.75, 3.05) is 0 Å². The van der Waals surface area contributed by atoms with Crippen LogP contribution in [0.3, 0.4) is 0 Å². The molecule has 0 spiro atoms. The summed E-state index contributed by atoms with van der Waals surface area (Å²) in [5.74, 6) is 0. The van der Waals surface area contributed by atoms with Gasteiger partial charge in [0.2, 0.25) is 0 Å². The molecule has 0 aromatic rings. The van der Waals surface area contributed by atoms with Crippen molar-refractivity contribution in [1.29, 1.82) is 0 Å². The Balaban J connectivity index is 0. The number of hydrogen-bond donors (Lipinski definition) is 0. The van der Waals surface area contributed by atoms with E-state index in [2.05, 4.69) is 0 Å². The zero-order valence-corrected chi connectivity index (χ0v) is 9.69. The summed E-state index contributed by atoms with van der Waals surface area (Å²) in [6, 6.07) is 0. The number of hydrogen-bond acceptors (Lipinski definition) is 0. The smallest absolute Gasteiger partial charge is 1.00 e. The van der Waals surface area contributed by atoms with Crippen molar-refractivity contribution in [3.8, 4) is 0 Å². The van der Waals surface area contributed by atoms with E-state index < -0.39 is 0 Å². The largest absolute Gasteiger partial charge is 2.00 e. The van der Waals surface area contributed by atoms with E-state index in [1.807, 2.05) is 0 Å². The normalized spacial score (nSPS) is 0. The quantitative estimate of drug-likeness (QED) is 0.365. The van der Waals surface area contributed by atoms with Gasteiger partial charge in [-0.2, -0.15) is 0 Å². The van der Waals surface area contributed by atoms with Crippen LogP contribution in [-0.2, 0) is 0 Å². The Hall–Kier alpha value is 1.87. The van der Waals surface area contributed by atoms with Crippen LogP contribution in [0.1, 0.15) is 5.71 Å². The van der Waals surface area contributed by atoms with Gasteiger partial charge >= 0.3 is 46.1 Å². The van der Waals surface area contributed by atoms with Crippen molar-refractivity contribution in [3.63, 3.8) is 0 Å². The van der Waals surface area contributed by atoms with Crippen LogP contribution in [0.25, 0.3) is 0 Å². The van der Waals surface area contributed by atoms with Gasteiger partial charge in [0, 0.05) is 0 Å². The van der Waals surface area contributed by atoms with Crippen molar-refractivity contribution in [3.05, 3.63) is 0 Å². The van der Waals surface area contributed by atoms with E-state index in [-0.39, 0.29) is 109 Å². The maximum Gasteiger partial charge on any atom is 2.00 e. The first-order valence-corrected chi connectivity index (χ1v) is 0. The van der Waals surface area contributed by atoms with E-state index >= 15 is 0 Å². The molecule has 0 atom stereocenters. The van der Waals surface area contributed by atoms with Crippen molar-refractivity contribution in [1.82, 2.24) is 0 Å².